The molecule has 0 saturated heterocycles. The van der Waals surface area contributed by atoms with Crippen molar-refractivity contribution in [3.05, 3.63) is 86.3 Å². The fraction of sp³-hybridized carbons (Fsp3) is 0.259. The van der Waals surface area contributed by atoms with Crippen LogP contribution in [0, 0.1) is 0 Å². The minimum absolute atomic E-state index is 0.276. The van der Waals surface area contributed by atoms with Crippen LogP contribution in [0.2, 0.25) is 0 Å². The van der Waals surface area contributed by atoms with Crippen LogP contribution in [0.5, 0.6) is 17.2 Å². The molecule has 0 atom stereocenters. The van der Waals surface area contributed by atoms with E-state index < -0.39 is 11.6 Å². The first-order valence-corrected chi connectivity index (χ1v) is 12.6. The lowest BCUT2D eigenvalue weighted by molar-refractivity contribution is -0.167. The first kappa shape index (κ1) is 26.8. The average Bonchev–Trinajstić information content (AvgIpc) is 2.82. The Kier molecular flexibility index (Phi) is 9.34. The highest BCUT2D eigenvalue weighted by atomic mass is 79.9. The van der Waals surface area contributed by atoms with E-state index in [1.54, 1.807) is 27.9 Å². The maximum Gasteiger partial charge on any atom is 0.352 e. The number of halogens is 2. The lowest BCUT2D eigenvalue weighted by Crippen LogP contribution is -2.35. The number of hydrogen-bond donors (Lipinski definition) is 0. The van der Waals surface area contributed by atoms with Gasteiger partial charge in [0.1, 0.15) is 11.5 Å². The maximum atomic E-state index is 11.9. The number of rotatable bonds is 10. The SMILES string of the molecule is CCOC(=O)C(C)(C)O/N=C/c1cc(Br)c(Oc2ccc(OC)c(Cc3ccccc3)c2)c(Br)c1. The van der Waals surface area contributed by atoms with Gasteiger partial charge in [-0.3, -0.25) is 0 Å². The smallest absolute Gasteiger partial charge is 0.352 e. The van der Waals surface area contributed by atoms with Crippen LogP contribution in [-0.2, 0) is 20.8 Å². The predicted octanol–water partition coefficient (Wildman–Crippen LogP) is 7.30. The van der Waals surface area contributed by atoms with E-state index in [2.05, 4.69) is 49.1 Å². The van der Waals surface area contributed by atoms with Gasteiger partial charge in [-0.1, -0.05) is 35.5 Å². The highest BCUT2D eigenvalue weighted by Crippen LogP contribution is 2.39. The molecule has 3 aromatic rings. The van der Waals surface area contributed by atoms with Crippen LogP contribution < -0.4 is 9.47 Å². The number of nitrogens with zero attached hydrogens (tertiary/aromatic N) is 1. The molecule has 0 radical (unpaired) electrons. The van der Waals surface area contributed by atoms with Gasteiger partial charge in [-0.25, -0.2) is 4.79 Å². The molecule has 8 heteroatoms. The predicted molar refractivity (Wildman–Crippen MR) is 144 cm³/mol. The molecule has 6 nitrogen and oxygen atoms in total. The summed E-state index contributed by atoms with van der Waals surface area (Å²) in [4.78, 5) is 17.3. The second kappa shape index (κ2) is 12.2. The standard InChI is InChI=1S/C27H27Br2NO5/c1-5-33-26(31)27(2,3)35-30-17-19-14-22(28)25(23(29)15-19)34-21-11-12-24(32-4)20(16-21)13-18-9-7-6-8-10-18/h6-12,14-17H,5,13H2,1-4H3/b30-17+. The van der Waals surface area contributed by atoms with Gasteiger partial charge < -0.3 is 19.0 Å². The van der Waals surface area contributed by atoms with E-state index in [0.29, 0.717) is 11.5 Å². The fourth-order valence-corrected chi connectivity index (χ4v) is 4.59. The fourth-order valence-electron chi connectivity index (χ4n) is 3.20. The summed E-state index contributed by atoms with van der Waals surface area (Å²) in [7, 11) is 1.66. The summed E-state index contributed by atoms with van der Waals surface area (Å²) in [6, 6.07) is 19.6. The molecular formula is C27H27Br2NO5. The van der Waals surface area contributed by atoms with Gasteiger partial charge in [-0.15, -0.1) is 0 Å². The van der Waals surface area contributed by atoms with Crippen molar-refractivity contribution >= 4 is 44.0 Å². The summed E-state index contributed by atoms with van der Waals surface area (Å²) in [6.07, 6.45) is 2.24. The van der Waals surface area contributed by atoms with Crippen molar-refractivity contribution in [3.8, 4) is 17.2 Å². The zero-order valence-electron chi connectivity index (χ0n) is 20.0. The quantitative estimate of drug-likeness (QED) is 0.138. The largest absolute Gasteiger partial charge is 0.496 e. The molecule has 0 fully saturated rings. The van der Waals surface area contributed by atoms with Crippen LogP contribution in [0.1, 0.15) is 37.5 Å². The summed E-state index contributed by atoms with van der Waals surface area (Å²) in [5.41, 5.74) is 1.77. The van der Waals surface area contributed by atoms with Crippen LogP contribution in [0.25, 0.3) is 0 Å². The molecule has 0 spiro atoms. The van der Waals surface area contributed by atoms with Crippen molar-refractivity contribution < 1.29 is 23.8 Å². The number of esters is 1. The van der Waals surface area contributed by atoms with E-state index >= 15 is 0 Å². The zero-order chi connectivity index (χ0) is 25.4. The summed E-state index contributed by atoms with van der Waals surface area (Å²) in [5, 5.41) is 3.96. The molecule has 3 rings (SSSR count). The first-order chi connectivity index (χ1) is 16.7. The van der Waals surface area contributed by atoms with Crippen LogP contribution in [0.3, 0.4) is 0 Å². The minimum Gasteiger partial charge on any atom is -0.496 e. The van der Waals surface area contributed by atoms with Gasteiger partial charge in [0.15, 0.2) is 5.75 Å². The summed E-state index contributed by atoms with van der Waals surface area (Å²) < 4.78 is 18.2. The van der Waals surface area contributed by atoms with Crippen molar-refractivity contribution in [3.63, 3.8) is 0 Å². The lowest BCUT2D eigenvalue weighted by atomic mass is 10.0. The van der Waals surface area contributed by atoms with Gasteiger partial charge in [-0.2, -0.15) is 0 Å². The molecule has 0 aliphatic rings. The van der Waals surface area contributed by atoms with E-state index in [1.165, 1.54) is 11.8 Å². The third-order valence-corrected chi connectivity index (χ3v) is 6.16. The Morgan fingerprint density at radius 2 is 1.71 bits per heavy atom. The minimum atomic E-state index is -1.18. The van der Waals surface area contributed by atoms with E-state index in [1.807, 2.05) is 48.5 Å². The Morgan fingerprint density at radius 3 is 2.34 bits per heavy atom. The number of hydrogen-bond acceptors (Lipinski definition) is 6. The molecular weight excluding hydrogens is 578 g/mol. The number of oxime groups is 1. The molecule has 0 unspecified atom stereocenters. The zero-order valence-corrected chi connectivity index (χ0v) is 23.2. The van der Waals surface area contributed by atoms with Crippen molar-refractivity contribution in [1.29, 1.82) is 0 Å². The second-order valence-electron chi connectivity index (χ2n) is 8.11. The molecule has 35 heavy (non-hydrogen) atoms. The lowest BCUT2D eigenvalue weighted by Gasteiger charge is -2.19. The highest BCUT2D eigenvalue weighted by Gasteiger charge is 2.31. The summed E-state index contributed by atoms with van der Waals surface area (Å²) >= 11 is 7.15. The van der Waals surface area contributed by atoms with Crippen LogP contribution in [-0.4, -0.2) is 31.5 Å². The van der Waals surface area contributed by atoms with E-state index in [-0.39, 0.29) is 6.61 Å². The Balaban J connectivity index is 1.77. The molecule has 0 aliphatic carbocycles. The number of benzene rings is 3. The summed E-state index contributed by atoms with van der Waals surface area (Å²) in [6.45, 7) is 5.22. The third kappa shape index (κ3) is 7.32. The van der Waals surface area contributed by atoms with Gasteiger partial charge in [0.25, 0.3) is 0 Å². The average molecular weight is 605 g/mol. The Labute approximate surface area is 222 Å². The summed E-state index contributed by atoms with van der Waals surface area (Å²) in [5.74, 6) is 1.62. The van der Waals surface area contributed by atoms with Crippen molar-refractivity contribution in [2.75, 3.05) is 13.7 Å². The molecule has 0 aromatic heterocycles. The van der Waals surface area contributed by atoms with Gasteiger partial charge >= 0.3 is 5.97 Å². The highest BCUT2D eigenvalue weighted by molar-refractivity contribution is 9.11. The molecule has 0 heterocycles. The maximum absolute atomic E-state index is 11.9. The Morgan fingerprint density at radius 1 is 1.03 bits per heavy atom. The number of ether oxygens (including phenoxy) is 3. The van der Waals surface area contributed by atoms with E-state index in [9.17, 15) is 4.79 Å². The van der Waals surface area contributed by atoms with Crippen molar-refractivity contribution in [2.24, 2.45) is 5.16 Å². The molecule has 0 N–H and O–H groups in total. The molecule has 3 aromatic carbocycles. The van der Waals surface area contributed by atoms with Crippen LogP contribution >= 0.6 is 31.9 Å². The van der Waals surface area contributed by atoms with E-state index in [0.717, 1.165) is 32.2 Å². The first-order valence-electron chi connectivity index (χ1n) is 11.0. The van der Waals surface area contributed by atoms with Gasteiger partial charge in [0.05, 0.1) is 28.9 Å². The molecule has 0 bridgehead atoms. The van der Waals surface area contributed by atoms with Gasteiger partial charge in [0, 0.05) is 12.0 Å². The number of carbonyl (C=O) groups excluding carboxylic acids is 1. The third-order valence-electron chi connectivity index (χ3n) is 4.98. The monoisotopic (exact) mass is 603 g/mol. The normalized spacial score (nSPS) is 11.4. The molecule has 0 saturated carbocycles. The van der Waals surface area contributed by atoms with Crippen LogP contribution in [0.4, 0.5) is 0 Å². The topological polar surface area (TPSA) is 66.4 Å². The van der Waals surface area contributed by atoms with Gasteiger partial charge in [-0.05, 0) is 94.1 Å². The Bertz CT molecular complexity index is 1170. The Hall–Kier alpha value is -2.84. The molecule has 0 amide bonds. The van der Waals surface area contributed by atoms with Crippen LogP contribution in [0.15, 0.2) is 74.8 Å². The van der Waals surface area contributed by atoms with Crippen molar-refractivity contribution in [2.45, 2.75) is 32.8 Å². The van der Waals surface area contributed by atoms with Gasteiger partial charge in [0.2, 0.25) is 5.60 Å². The second-order valence-corrected chi connectivity index (χ2v) is 9.82. The molecule has 0 aliphatic heterocycles. The number of carbonyl (C=O) groups is 1. The van der Waals surface area contributed by atoms with E-state index in [4.69, 9.17) is 19.0 Å². The number of methoxy groups -OCH3 is 1. The molecule has 184 valence electrons. The van der Waals surface area contributed by atoms with Crippen molar-refractivity contribution in [1.82, 2.24) is 0 Å².